The smallest absolute Gasteiger partial charge is 0.264 e. The number of aryl methyl sites for hydroxylation is 1. The van der Waals surface area contributed by atoms with Crippen molar-refractivity contribution in [1.82, 2.24) is 0 Å². The molecule has 0 aromatic heterocycles. The van der Waals surface area contributed by atoms with E-state index in [1.807, 2.05) is 31.2 Å². The summed E-state index contributed by atoms with van der Waals surface area (Å²) in [6.45, 7) is 5.40. The second kappa shape index (κ2) is 7.31. The maximum Gasteiger partial charge on any atom is 0.264 e. The summed E-state index contributed by atoms with van der Waals surface area (Å²) in [7, 11) is -2.26. The van der Waals surface area contributed by atoms with E-state index in [0.717, 1.165) is 11.8 Å². The van der Waals surface area contributed by atoms with Gasteiger partial charge in [-0.25, -0.2) is 0 Å². The van der Waals surface area contributed by atoms with Crippen LogP contribution in [0.3, 0.4) is 0 Å². The molecule has 0 saturated carbocycles. The Kier molecular flexibility index (Phi) is 5.55. The largest absolute Gasteiger partial charge is 0.491 e. The highest BCUT2D eigenvalue weighted by molar-refractivity contribution is 7.85. The molecule has 1 aromatic rings. The Balaban J connectivity index is 1.77. The normalized spacial score (nSPS) is 32.4. The maximum absolute atomic E-state index is 11.5. The van der Waals surface area contributed by atoms with Gasteiger partial charge in [-0.2, -0.15) is 8.42 Å². The highest BCUT2D eigenvalue weighted by Gasteiger charge is 2.64. The maximum atomic E-state index is 11.5. The van der Waals surface area contributed by atoms with Crippen molar-refractivity contribution in [3.63, 3.8) is 0 Å². The standard InChI is InChI=1S/C18H26O8S/c1-12-6-8-13(9-7-12)22-10-14-15-16(26-17(2,3)25-15)18(21-4,24-14)11-23-27(5,19)20/h6-9,14-16H,10-11H2,1-5H3/t14-,15-,16-,18-/m1/s1. The van der Waals surface area contributed by atoms with Crippen LogP contribution in [0, 0.1) is 6.92 Å². The Morgan fingerprint density at radius 3 is 2.37 bits per heavy atom. The minimum atomic E-state index is -3.68. The number of fused-ring (bicyclic) bond motifs is 1. The zero-order chi connectivity index (χ0) is 19.9. The monoisotopic (exact) mass is 402 g/mol. The fourth-order valence-electron chi connectivity index (χ4n) is 3.26. The molecule has 3 rings (SSSR count). The number of ether oxygens (including phenoxy) is 5. The molecule has 0 bridgehead atoms. The first kappa shape index (κ1) is 20.5. The van der Waals surface area contributed by atoms with E-state index < -0.39 is 40.0 Å². The molecule has 2 aliphatic rings. The van der Waals surface area contributed by atoms with Gasteiger partial charge in [0.05, 0.1) is 6.26 Å². The van der Waals surface area contributed by atoms with Crippen LogP contribution in [0.5, 0.6) is 5.75 Å². The average molecular weight is 402 g/mol. The van der Waals surface area contributed by atoms with Crippen LogP contribution in [-0.4, -0.2) is 64.9 Å². The second-order valence-corrected chi connectivity index (χ2v) is 8.93. The van der Waals surface area contributed by atoms with Gasteiger partial charge < -0.3 is 23.7 Å². The number of hydrogen-bond donors (Lipinski definition) is 0. The van der Waals surface area contributed by atoms with Crippen molar-refractivity contribution in [2.24, 2.45) is 0 Å². The van der Waals surface area contributed by atoms with Crippen molar-refractivity contribution < 1.29 is 36.3 Å². The number of hydrogen-bond acceptors (Lipinski definition) is 8. The van der Waals surface area contributed by atoms with Crippen LogP contribution in [0.15, 0.2) is 24.3 Å². The Bertz CT molecular complexity index is 760. The fourth-order valence-corrected chi connectivity index (χ4v) is 3.64. The van der Waals surface area contributed by atoms with Crippen molar-refractivity contribution in [2.45, 2.75) is 50.7 Å². The van der Waals surface area contributed by atoms with Crippen molar-refractivity contribution in [3.05, 3.63) is 29.8 Å². The second-order valence-electron chi connectivity index (χ2n) is 7.28. The van der Waals surface area contributed by atoms with Gasteiger partial charge in [0.15, 0.2) is 5.79 Å². The molecule has 0 radical (unpaired) electrons. The highest BCUT2D eigenvalue weighted by Crippen LogP contribution is 2.45. The van der Waals surface area contributed by atoms with Gasteiger partial charge in [-0.1, -0.05) is 17.7 Å². The van der Waals surface area contributed by atoms with Crippen molar-refractivity contribution in [3.8, 4) is 5.75 Å². The molecule has 2 heterocycles. The average Bonchev–Trinajstić information content (AvgIpc) is 3.04. The van der Waals surface area contributed by atoms with Gasteiger partial charge in [0.2, 0.25) is 5.79 Å². The number of methoxy groups -OCH3 is 1. The molecule has 4 atom stereocenters. The molecule has 8 nitrogen and oxygen atoms in total. The van der Waals surface area contributed by atoms with E-state index in [-0.39, 0.29) is 13.2 Å². The lowest BCUT2D eigenvalue weighted by Crippen LogP contribution is -2.49. The number of benzene rings is 1. The summed E-state index contributed by atoms with van der Waals surface area (Å²) in [5, 5.41) is 0. The summed E-state index contributed by atoms with van der Waals surface area (Å²) in [4.78, 5) is 0. The van der Waals surface area contributed by atoms with E-state index in [1.54, 1.807) is 13.8 Å². The topological polar surface area (TPSA) is 89.5 Å². The van der Waals surface area contributed by atoms with E-state index >= 15 is 0 Å². The summed E-state index contributed by atoms with van der Waals surface area (Å²) in [6, 6.07) is 7.64. The van der Waals surface area contributed by atoms with E-state index in [4.69, 9.17) is 27.9 Å². The molecular weight excluding hydrogens is 376 g/mol. The Morgan fingerprint density at radius 1 is 1.11 bits per heavy atom. The molecule has 2 saturated heterocycles. The minimum absolute atomic E-state index is 0.188. The first-order chi connectivity index (χ1) is 12.5. The molecule has 152 valence electrons. The zero-order valence-corrected chi connectivity index (χ0v) is 16.9. The Hall–Kier alpha value is -1.23. The minimum Gasteiger partial charge on any atom is -0.491 e. The lowest BCUT2D eigenvalue weighted by atomic mass is 10.1. The Labute approximate surface area is 159 Å². The third-order valence-corrected chi connectivity index (χ3v) is 5.08. The van der Waals surface area contributed by atoms with Gasteiger partial charge in [-0.3, -0.25) is 4.18 Å². The van der Waals surface area contributed by atoms with Gasteiger partial charge >= 0.3 is 0 Å². The van der Waals surface area contributed by atoms with E-state index in [9.17, 15) is 8.42 Å². The molecule has 27 heavy (non-hydrogen) atoms. The van der Waals surface area contributed by atoms with Gasteiger partial charge in [-0.05, 0) is 32.9 Å². The van der Waals surface area contributed by atoms with Crippen LogP contribution in [-0.2, 0) is 33.2 Å². The van der Waals surface area contributed by atoms with Crippen LogP contribution >= 0.6 is 0 Å². The van der Waals surface area contributed by atoms with Gasteiger partial charge in [0, 0.05) is 7.11 Å². The molecule has 0 amide bonds. The van der Waals surface area contributed by atoms with Gasteiger partial charge in [-0.15, -0.1) is 0 Å². The molecule has 0 aliphatic carbocycles. The molecule has 2 fully saturated rings. The molecule has 0 spiro atoms. The van der Waals surface area contributed by atoms with Gasteiger partial charge in [0.1, 0.15) is 37.3 Å². The summed E-state index contributed by atoms with van der Waals surface area (Å²) < 4.78 is 57.1. The van der Waals surface area contributed by atoms with Crippen LogP contribution in [0.1, 0.15) is 19.4 Å². The molecule has 1 aromatic carbocycles. The van der Waals surface area contributed by atoms with Crippen LogP contribution < -0.4 is 4.74 Å². The predicted molar refractivity (Wildman–Crippen MR) is 95.9 cm³/mol. The zero-order valence-electron chi connectivity index (χ0n) is 16.1. The summed E-state index contributed by atoms with van der Waals surface area (Å²) in [5.74, 6) is -1.58. The molecule has 0 unspecified atom stereocenters. The van der Waals surface area contributed by atoms with Crippen molar-refractivity contribution >= 4 is 10.1 Å². The Morgan fingerprint density at radius 2 is 1.78 bits per heavy atom. The third kappa shape index (κ3) is 4.61. The van der Waals surface area contributed by atoms with Gasteiger partial charge in [0.25, 0.3) is 10.1 Å². The van der Waals surface area contributed by atoms with Crippen LogP contribution in [0.2, 0.25) is 0 Å². The summed E-state index contributed by atoms with van der Waals surface area (Å²) in [6.07, 6.45) is -0.711. The SMILES string of the molecule is CO[C@]1(COS(C)(=O)=O)O[C@H](COc2ccc(C)cc2)[C@H]2OC(C)(C)O[C@H]21. The van der Waals surface area contributed by atoms with E-state index in [2.05, 4.69) is 0 Å². The van der Waals surface area contributed by atoms with E-state index in [0.29, 0.717) is 5.75 Å². The molecule has 0 N–H and O–H groups in total. The first-order valence-corrected chi connectivity index (χ1v) is 10.5. The highest BCUT2D eigenvalue weighted by atomic mass is 32.2. The fraction of sp³-hybridized carbons (Fsp3) is 0.667. The summed E-state index contributed by atoms with van der Waals surface area (Å²) in [5.41, 5.74) is 1.13. The lowest BCUT2D eigenvalue weighted by Gasteiger charge is -2.32. The molecular formula is C18H26O8S. The predicted octanol–water partition coefficient (Wildman–Crippen LogP) is 1.61. The quantitative estimate of drug-likeness (QED) is 0.636. The molecule has 9 heteroatoms. The summed E-state index contributed by atoms with van der Waals surface area (Å²) >= 11 is 0. The molecule has 2 aliphatic heterocycles. The van der Waals surface area contributed by atoms with Crippen molar-refractivity contribution in [1.29, 1.82) is 0 Å². The first-order valence-electron chi connectivity index (χ1n) is 8.66. The van der Waals surface area contributed by atoms with Crippen LogP contribution in [0.25, 0.3) is 0 Å². The van der Waals surface area contributed by atoms with Crippen molar-refractivity contribution in [2.75, 3.05) is 26.6 Å². The van der Waals surface area contributed by atoms with Crippen LogP contribution in [0.4, 0.5) is 0 Å². The van der Waals surface area contributed by atoms with E-state index in [1.165, 1.54) is 7.11 Å². The number of rotatable bonds is 7. The lowest BCUT2D eigenvalue weighted by molar-refractivity contribution is -0.293. The third-order valence-electron chi connectivity index (χ3n) is 4.53.